The van der Waals surface area contributed by atoms with Crippen molar-refractivity contribution in [1.29, 1.82) is 0 Å². The molecular weight excluding hydrogens is 240 g/mol. The number of hydrogen-bond acceptors (Lipinski definition) is 4. The van der Waals surface area contributed by atoms with E-state index in [4.69, 9.17) is 11.6 Å². The first-order valence-electron chi connectivity index (χ1n) is 5.58. The minimum absolute atomic E-state index is 0.00810. The monoisotopic (exact) mass is 254 g/mol. The molecule has 1 N–H and O–H groups in total. The second-order valence-electron chi connectivity index (χ2n) is 4.27. The zero-order valence-corrected chi connectivity index (χ0v) is 10.7. The molecule has 2 rings (SSSR count). The summed E-state index contributed by atoms with van der Waals surface area (Å²) in [5.74, 6) is 0.837. The molecule has 1 saturated heterocycles. The van der Waals surface area contributed by atoms with Crippen LogP contribution in [0.4, 0.5) is 5.82 Å². The number of anilines is 1. The van der Waals surface area contributed by atoms with Crippen molar-refractivity contribution in [2.45, 2.75) is 26.3 Å². The van der Waals surface area contributed by atoms with E-state index in [9.17, 15) is 4.79 Å². The number of amides is 1. The van der Waals surface area contributed by atoms with Crippen LogP contribution in [0.1, 0.15) is 19.0 Å². The molecule has 1 aliphatic heterocycles. The first kappa shape index (κ1) is 12.1. The molecule has 1 aliphatic rings. The average molecular weight is 255 g/mol. The van der Waals surface area contributed by atoms with Crippen molar-refractivity contribution in [1.82, 2.24) is 15.3 Å². The highest BCUT2D eigenvalue weighted by atomic mass is 35.5. The van der Waals surface area contributed by atoms with Crippen molar-refractivity contribution in [3.05, 3.63) is 17.0 Å². The summed E-state index contributed by atoms with van der Waals surface area (Å²) in [5.41, 5.74) is 0.850. The Morgan fingerprint density at radius 2 is 2.35 bits per heavy atom. The quantitative estimate of drug-likeness (QED) is 0.805. The van der Waals surface area contributed by atoms with Crippen LogP contribution in [0.15, 0.2) is 6.07 Å². The van der Waals surface area contributed by atoms with Gasteiger partial charge in [-0.3, -0.25) is 4.79 Å². The van der Waals surface area contributed by atoms with E-state index in [0.717, 1.165) is 31.0 Å². The first-order valence-corrected chi connectivity index (χ1v) is 5.95. The zero-order valence-electron chi connectivity index (χ0n) is 9.90. The molecule has 5 nitrogen and oxygen atoms in total. The predicted octanol–water partition coefficient (Wildman–Crippen LogP) is 1.15. The number of carbonyl (C=O) groups excluding carboxylic acids is 1. The number of carbonyl (C=O) groups is 1. The summed E-state index contributed by atoms with van der Waals surface area (Å²) in [6.07, 6.45) is 0.931. The summed E-state index contributed by atoms with van der Waals surface area (Å²) in [7, 11) is 0. The summed E-state index contributed by atoms with van der Waals surface area (Å²) in [5, 5.41) is 3.18. The van der Waals surface area contributed by atoms with Crippen LogP contribution in [0.2, 0.25) is 5.28 Å². The van der Waals surface area contributed by atoms with E-state index in [1.165, 1.54) is 6.92 Å². The van der Waals surface area contributed by atoms with Crippen molar-refractivity contribution < 1.29 is 4.79 Å². The lowest BCUT2D eigenvalue weighted by atomic mass is 10.3. The van der Waals surface area contributed by atoms with Crippen molar-refractivity contribution >= 4 is 23.3 Å². The molecule has 1 amide bonds. The van der Waals surface area contributed by atoms with E-state index in [0.29, 0.717) is 0 Å². The SMILES string of the molecule is CC(=O)NC1CCN(c2cc(C)nc(Cl)n2)C1. The van der Waals surface area contributed by atoms with E-state index in [-0.39, 0.29) is 17.2 Å². The Morgan fingerprint density at radius 1 is 1.59 bits per heavy atom. The Bertz CT molecular complexity index is 417. The average Bonchev–Trinajstić information content (AvgIpc) is 2.63. The van der Waals surface area contributed by atoms with Gasteiger partial charge in [-0.1, -0.05) is 0 Å². The third kappa shape index (κ3) is 3.06. The summed E-state index contributed by atoms with van der Waals surface area (Å²) in [6, 6.07) is 2.10. The topological polar surface area (TPSA) is 58.1 Å². The summed E-state index contributed by atoms with van der Waals surface area (Å²) in [4.78, 5) is 21.3. The van der Waals surface area contributed by atoms with E-state index in [1.807, 2.05) is 13.0 Å². The minimum Gasteiger partial charge on any atom is -0.354 e. The van der Waals surface area contributed by atoms with E-state index in [2.05, 4.69) is 20.2 Å². The molecule has 17 heavy (non-hydrogen) atoms. The lowest BCUT2D eigenvalue weighted by Gasteiger charge is -2.18. The normalized spacial score (nSPS) is 19.5. The molecule has 1 aromatic heterocycles. The number of nitrogens with zero attached hydrogens (tertiary/aromatic N) is 3. The molecule has 1 unspecified atom stereocenters. The smallest absolute Gasteiger partial charge is 0.224 e. The van der Waals surface area contributed by atoms with Gasteiger partial charge in [0.2, 0.25) is 11.2 Å². The van der Waals surface area contributed by atoms with Crippen LogP contribution in [0.5, 0.6) is 0 Å². The number of nitrogens with one attached hydrogen (secondary N) is 1. The highest BCUT2D eigenvalue weighted by Crippen LogP contribution is 2.20. The van der Waals surface area contributed by atoms with Crippen LogP contribution in [-0.2, 0) is 4.79 Å². The van der Waals surface area contributed by atoms with Gasteiger partial charge in [0.15, 0.2) is 0 Å². The molecule has 1 aromatic rings. The van der Waals surface area contributed by atoms with Gasteiger partial charge in [-0.15, -0.1) is 0 Å². The summed E-state index contributed by atoms with van der Waals surface area (Å²) < 4.78 is 0. The van der Waals surface area contributed by atoms with Gasteiger partial charge in [0.1, 0.15) is 5.82 Å². The molecule has 0 saturated carbocycles. The molecule has 0 radical (unpaired) electrons. The highest BCUT2D eigenvalue weighted by molar-refractivity contribution is 6.28. The Balaban J connectivity index is 2.07. The first-order chi connectivity index (χ1) is 8.04. The zero-order chi connectivity index (χ0) is 12.4. The second kappa shape index (κ2) is 4.87. The van der Waals surface area contributed by atoms with Gasteiger partial charge in [-0.2, -0.15) is 0 Å². The molecule has 0 aromatic carbocycles. The molecule has 2 heterocycles. The minimum atomic E-state index is 0.00810. The molecular formula is C11H15ClN4O. The molecule has 0 spiro atoms. The fourth-order valence-electron chi connectivity index (χ4n) is 2.05. The van der Waals surface area contributed by atoms with E-state index >= 15 is 0 Å². The molecule has 0 bridgehead atoms. The fourth-order valence-corrected chi connectivity index (χ4v) is 2.27. The van der Waals surface area contributed by atoms with E-state index < -0.39 is 0 Å². The van der Waals surface area contributed by atoms with Crippen LogP contribution in [0.25, 0.3) is 0 Å². The van der Waals surface area contributed by atoms with Crippen molar-refractivity contribution in [2.75, 3.05) is 18.0 Å². The fraction of sp³-hybridized carbons (Fsp3) is 0.545. The predicted molar refractivity (Wildman–Crippen MR) is 66.2 cm³/mol. The van der Waals surface area contributed by atoms with Gasteiger partial charge < -0.3 is 10.2 Å². The van der Waals surface area contributed by atoms with Gasteiger partial charge in [0.25, 0.3) is 0 Å². The second-order valence-corrected chi connectivity index (χ2v) is 4.61. The van der Waals surface area contributed by atoms with Crippen molar-refractivity contribution in [2.24, 2.45) is 0 Å². The Morgan fingerprint density at radius 3 is 3.00 bits per heavy atom. The largest absolute Gasteiger partial charge is 0.354 e. The Hall–Kier alpha value is -1.36. The standard InChI is InChI=1S/C11H15ClN4O/c1-7-5-10(15-11(12)13-7)16-4-3-9(6-16)14-8(2)17/h5,9H,3-4,6H2,1-2H3,(H,14,17). The highest BCUT2D eigenvalue weighted by Gasteiger charge is 2.24. The number of aryl methyl sites for hydroxylation is 1. The van der Waals surface area contributed by atoms with Crippen LogP contribution < -0.4 is 10.2 Å². The van der Waals surface area contributed by atoms with E-state index in [1.54, 1.807) is 0 Å². The summed E-state index contributed by atoms with van der Waals surface area (Å²) in [6.45, 7) is 5.07. The Labute approximate surface area is 105 Å². The van der Waals surface area contributed by atoms with Crippen LogP contribution >= 0.6 is 11.6 Å². The maximum Gasteiger partial charge on any atom is 0.224 e. The maximum absolute atomic E-state index is 11.0. The number of hydrogen-bond donors (Lipinski definition) is 1. The molecule has 1 fully saturated rings. The van der Waals surface area contributed by atoms with Gasteiger partial charge in [0.05, 0.1) is 0 Å². The Kier molecular flexibility index (Phi) is 3.47. The van der Waals surface area contributed by atoms with Crippen LogP contribution in [-0.4, -0.2) is 35.0 Å². The number of aromatic nitrogens is 2. The molecule has 92 valence electrons. The lowest BCUT2D eigenvalue weighted by Crippen LogP contribution is -2.35. The third-order valence-electron chi connectivity index (χ3n) is 2.73. The van der Waals surface area contributed by atoms with Crippen molar-refractivity contribution in [3.8, 4) is 0 Å². The molecule has 0 aliphatic carbocycles. The van der Waals surface area contributed by atoms with Crippen LogP contribution in [0.3, 0.4) is 0 Å². The molecule has 1 atom stereocenters. The lowest BCUT2D eigenvalue weighted by molar-refractivity contribution is -0.119. The number of halogens is 1. The maximum atomic E-state index is 11.0. The van der Waals surface area contributed by atoms with Crippen molar-refractivity contribution in [3.63, 3.8) is 0 Å². The van der Waals surface area contributed by atoms with Gasteiger partial charge in [-0.05, 0) is 24.9 Å². The third-order valence-corrected chi connectivity index (χ3v) is 2.90. The summed E-state index contributed by atoms with van der Waals surface area (Å²) >= 11 is 5.83. The van der Waals surface area contributed by atoms with Gasteiger partial charge in [0, 0.05) is 37.8 Å². The van der Waals surface area contributed by atoms with Gasteiger partial charge in [-0.25, -0.2) is 9.97 Å². The van der Waals surface area contributed by atoms with Crippen LogP contribution in [0, 0.1) is 6.92 Å². The molecule has 6 heteroatoms. The number of rotatable bonds is 2. The van der Waals surface area contributed by atoms with Gasteiger partial charge >= 0.3 is 0 Å².